The van der Waals surface area contributed by atoms with Crippen molar-refractivity contribution in [1.82, 2.24) is 4.90 Å². The van der Waals surface area contributed by atoms with E-state index in [2.05, 4.69) is 0 Å². The number of hydrogen-bond acceptors (Lipinski definition) is 3. The molecule has 0 bridgehead atoms. The van der Waals surface area contributed by atoms with Crippen LogP contribution in [0.2, 0.25) is 0 Å². The van der Waals surface area contributed by atoms with E-state index >= 15 is 0 Å². The Morgan fingerprint density at radius 1 is 1.32 bits per heavy atom. The molecule has 19 heavy (non-hydrogen) atoms. The summed E-state index contributed by atoms with van der Waals surface area (Å²) in [6, 6.07) is 7.99. The summed E-state index contributed by atoms with van der Waals surface area (Å²) >= 11 is 0. The van der Waals surface area contributed by atoms with Crippen molar-refractivity contribution in [1.29, 1.82) is 0 Å². The van der Waals surface area contributed by atoms with E-state index in [1.54, 1.807) is 0 Å². The van der Waals surface area contributed by atoms with Gasteiger partial charge in [0, 0.05) is 18.3 Å². The van der Waals surface area contributed by atoms with Crippen LogP contribution in [0.25, 0.3) is 0 Å². The van der Waals surface area contributed by atoms with Gasteiger partial charge in [-0.25, -0.2) is 0 Å². The number of anilines is 1. The van der Waals surface area contributed by atoms with Gasteiger partial charge in [0.05, 0.1) is 12.0 Å². The Hall–Kier alpha value is -1.55. The van der Waals surface area contributed by atoms with E-state index in [9.17, 15) is 4.79 Å². The van der Waals surface area contributed by atoms with Crippen LogP contribution in [0.1, 0.15) is 31.2 Å². The molecule has 2 saturated carbocycles. The molecule has 0 aliphatic heterocycles. The lowest BCUT2D eigenvalue weighted by atomic mass is 9.94. The molecule has 0 unspecified atom stereocenters. The monoisotopic (exact) mass is 260 g/mol. The molecule has 1 amide bonds. The molecule has 0 heterocycles. The molecule has 0 aromatic heterocycles. The molecule has 3 N–H and O–H groups in total. The van der Waals surface area contributed by atoms with Crippen molar-refractivity contribution in [3.63, 3.8) is 0 Å². The van der Waals surface area contributed by atoms with Crippen LogP contribution in [0, 0.1) is 0 Å². The predicted octanol–water partition coefficient (Wildman–Crippen LogP) is 1.28. The van der Waals surface area contributed by atoms with Crippen LogP contribution in [0.3, 0.4) is 0 Å². The second kappa shape index (κ2) is 4.53. The summed E-state index contributed by atoms with van der Waals surface area (Å²) in [6.45, 7) is 0.500. The van der Waals surface area contributed by atoms with E-state index < -0.39 is 0 Å². The first-order valence-corrected chi connectivity index (χ1v) is 6.95. The highest BCUT2D eigenvalue weighted by Crippen LogP contribution is 2.50. The number of amides is 1. The maximum Gasteiger partial charge on any atom is 0.233 e. The fourth-order valence-corrected chi connectivity index (χ4v) is 2.77. The third-order valence-corrected chi connectivity index (χ3v) is 4.21. The van der Waals surface area contributed by atoms with E-state index in [0.717, 1.165) is 36.9 Å². The van der Waals surface area contributed by atoms with E-state index in [1.165, 1.54) is 0 Å². The standard InChI is InChI=1S/C15H20N2O2/c16-12-3-1-11(2-4-12)15(7-8-15)14(19)17(9-10-18)13-5-6-13/h1-4,13,18H,5-10,16H2. The van der Waals surface area contributed by atoms with Crippen LogP contribution < -0.4 is 5.73 Å². The van der Waals surface area contributed by atoms with Gasteiger partial charge in [-0.1, -0.05) is 12.1 Å². The fourth-order valence-electron chi connectivity index (χ4n) is 2.77. The van der Waals surface area contributed by atoms with Crippen molar-refractivity contribution < 1.29 is 9.90 Å². The van der Waals surface area contributed by atoms with Crippen molar-refractivity contribution >= 4 is 11.6 Å². The summed E-state index contributed by atoms with van der Waals surface area (Å²) in [7, 11) is 0. The summed E-state index contributed by atoms with van der Waals surface area (Å²) < 4.78 is 0. The lowest BCUT2D eigenvalue weighted by Crippen LogP contribution is -2.42. The Balaban J connectivity index is 1.83. The van der Waals surface area contributed by atoms with Crippen molar-refractivity contribution in [2.75, 3.05) is 18.9 Å². The van der Waals surface area contributed by atoms with Crippen LogP contribution in [0.15, 0.2) is 24.3 Å². The van der Waals surface area contributed by atoms with Gasteiger partial charge in [-0.2, -0.15) is 0 Å². The average molecular weight is 260 g/mol. The number of benzene rings is 1. The fraction of sp³-hybridized carbons (Fsp3) is 0.533. The number of carbonyl (C=O) groups is 1. The minimum Gasteiger partial charge on any atom is -0.399 e. The van der Waals surface area contributed by atoms with E-state index in [0.29, 0.717) is 12.6 Å². The van der Waals surface area contributed by atoms with E-state index in [1.807, 2.05) is 29.2 Å². The Morgan fingerprint density at radius 2 is 1.95 bits per heavy atom. The number of carbonyl (C=O) groups excluding carboxylic acids is 1. The second-order valence-corrected chi connectivity index (χ2v) is 5.66. The molecule has 2 aliphatic rings. The number of nitrogen functional groups attached to an aromatic ring is 1. The summed E-state index contributed by atoms with van der Waals surface area (Å²) in [6.07, 6.45) is 3.96. The Bertz CT molecular complexity index is 475. The van der Waals surface area contributed by atoms with Crippen LogP contribution >= 0.6 is 0 Å². The molecular formula is C15H20N2O2. The van der Waals surface area contributed by atoms with Crippen LogP contribution in [0.4, 0.5) is 5.69 Å². The van der Waals surface area contributed by atoms with E-state index in [4.69, 9.17) is 10.8 Å². The van der Waals surface area contributed by atoms with Gasteiger partial charge >= 0.3 is 0 Å². The Morgan fingerprint density at radius 3 is 2.42 bits per heavy atom. The third kappa shape index (κ3) is 2.21. The maximum atomic E-state index is 12.8. The highest BCUT2D eigenvalue weighted by Gasteiger charge is 2.54. The molecular weight excluding hydrogens is 240 g/mol. The molecule has 0 saturated heterocycles. The van der Waals surface area contributed by atoms with Crippen molar-refractivity contribution in [2.45, 2.75) is 37.1 Å². The number of nitrogens with zero attached hydrogens (tertiary/aromatic N) is 1. The zero-order chi connectivity index (χ0) is 13.5. The van der Waals surface area contributed by atoms with Crippen molar-refractivity contribution in [3.05, 3.63) is 29.8 Å². The Labute approximate surface area is 113 Å². The lowest BCUT2D eigenvalue weighted by Gasteiger charge is -2.27. The molecule has 0 radical (unpaired) electrons. The summed E-state index contributed by atoms with van der Waals surface area (Å²) in [5.41, 5.74) is 7.15. The quantitative estimate of drug-likeness (QED) is 0.784. The Kier molecular flexibility index (Phi) is 2.97. The van der Waals surface area contributed by atoms with Crippen LogP contribution in [0.5, 0.6) is 0 Å². The molecule has 0 atom stereocenters. The van der Waals surface area contributed by atoms with Crippen molar-refractivity contribution in [3.8, 4) is 0 Å². The molecule has 2 fully saturated rings. The van der Waals surface area contributed by atoms with Gasteiger partial charge in [-0.05, 0) is 43.4 Å². The minimum absolute atomic E-state index is 0.0417. The van der Waals surface area contributed by atoms with Gasteiger partial charge in [-0.15, -0.1) is 0 Å². The van der Waals surface area contributed by atoms with Gasteiger partial charge in [0.25, 0.3) is 0 Å². The zero-order valence-electron chi connectivity index (χ0n) is 11.0. The largest absolute Gasteiger partial charge is 0.399 e. The van der Waals surface area contributed by atoms with Crippen molar-refractivity contribution in [2.24, 2.45) is 0 Å². The first kappa shape index (κ1) is 12.5. The molecule has 0 spiro atoms. The van der Waals surface area contributed by atoms with Gasteiger partial charge in [-0.3, -0.25) is 4.79 Å². The number of rotatable bonds is 5. The molecule has 4 nitrogen and oxygen atoms in total. The molecule has 1 aromatic rings. The number of aliphatic hydroxyl groups is 1. The highest BCUT2D eigenvalue weighted by molar-refractivity contribution is 5.91. The third-order valence-electron chi connectivity index (χ3n) is 4.21. The van der Waals surface area contributed by atoms with Gasteiger partial charge < -0.3 is 15.7 Å². The topological polar surface area (TPSA) is 66.6 Å². The summed E-state index contributed by atoms with van der Waals surface area (Å²) in [4.78, 5) is 14.6. The first-order valence-electron chi connectivity index (χ1n) is 6.95. The normalized spacial score (nSPS) is 20.1. The molecule has 102 valence electrons. The van der Waals surface area contributed by atoms with Crippen LogP contribution in [-0.4, -0.2) is 35.1 Å². The molecule has 3 rings (SSSR count). The van der Waals surface area contributed by atoms with Gasteiger partial charge in [0.1, 0.15) is 0 Å². The van der Waals surface area contributed by atoms with Crippen LogP contribution in [-0.2, 0) is 10.2 Å². The number of nitrogens with two attached hydrogens (primary N) is 1. The maximum absolute atomic E-state index is 12.8. The minimum atomic E-state index is -0.342. The highest BCUT2D eigenvalue weighted by atomic mass is 16.3. The average Bonchev–Trinajstić information content (AvgIpc) is 3.28. The molecule has 4 heteroatoms. The zero-order valence-corrected chi connectivity index (χ0v) is 11.0. The lowest BCUT2D eigenvalue weighted by molar-refractivity contribution is -0.135. The molecule has 2 aliphatic carbocycles. The summed E-state index contributed by atoms with van der Waals surface area (Å²) in [5, 5.41) is 9.14. The van der Waals surface area contributed by atoms with E-state index in [-0.39, 0.29) is 17.9 Å². The van der Waals surface area contributed by atoms with Gasteiger partial charge in [0.2, 0.25) is 5.91 Å². The van der Waals surface area contributed by atoms with Gasteiger partial charge in [0.15, 0.2) is 0 Å². The smallest absolute Gasteiger partial charge is 0.233 e. The number of aliphatic hydroxyl groups excluding tert-OH is 1. The predicted molar refractivity (Wildman–Crippen MR) is 73.6 cm³/mol. The number of hydrogen-bond donors (Lipinski definition) is 2. The second-order valence-electron chi connectivity index (χ2n) is 5.66. The summed E-state index contributed by atoms with van der Waals surface area (Å²) in [5.74, 6) is 0.189. The first-order chi connectivity index (χ1) is 9.17. The molecule has 1 aromatic carbocycles. The SMILES string of the molecule is Nc1ccc(C2(C(=O)N(CCO)C3CC3)CC2)cc1.